The quantitative estimate of drug-likeness (QED) is 0.0635. The molecule has 78 heavy (non-hydrogen) atoms. The number of aryl methyl sites for hydroxylation is 1. The number of likely N-dealkylation sites (N-methyl/N-ethyl adjacent to an activating group) is 2. The van der Waals surface area contributed by atoms with E-state index in [2.05, 4.69) is 53.9 Å². The van der Waals surface area contributed by atoms with Crippen LogP contribution in [0.3, 0.4) is 0 Å². The molecule has 5 aromatic carbocycles. The molecule has 2 heterocycles. The van der Waals surface area contributed by atoms with Crippen LogP contribution in [0.2, 0.25) is 0 Å². The Labute approximate surface area is 464 Å². The number of benzene rings is 5. The predicted molar refractivity (Wildman–Crippen MR) is 303 cm³/mol. The van der Waals surface area contributed by atoms with E-state index in [1.54, 1.807) is 93.4 Å². The number of rotatable bonds is 16. The molecular formula is C60H70BrN9O8. The number of halogens is 1. The summed E-state index contributed by atoms with van der Waals surface area (Å²) in [5.74, 6) is -2.31. The minimum absolute atomic E-state index is 0.0428. The first-order valence-electron chi connectivity index (χ1n) is 27.2. The van der Waals surface area contributed by atoms with E-state index in [4.69, 9.17) is 4.74 Å². The lowest BCUT2D eigenvalue weighted by Crippen LogP contribution is -2.58. The number of likely N-dealkylation sites (tertiary alicyclic amines) is 1. The summed E-state index contributed by atoms with van der Waals surface area (Å²) in [6.45, 7) is 3.31. The van der Waals surface area contributed by atoms with Crippen LogP contribution in [0, 0.1) is 5.92 Å². The van der Waals surface area contributed by atoms with Crippen molar-refractivity contribution in [3.8, 4) is 5.75 Å². The van der Waals surface area contributed by atoms with Gasteiger partial charge in [-0.05, 0) is 149 Å². The van der Waals surface area contributed by atoms with Crippen molar-refractivity contribution >= 4 is 79.4 Å². The zero-order valence-electron chi connectivity index (χ0n) is 44.9. The summed E-state index contributed by atoms with van der Waals surface area (Å²) in [7, 11) is 4.90. The first-order valence-corrected chi connectivity index (χ1v) is 28.0. The highest BCUT2D eigenvalue weighted by Crippen LogP contribution is 2.39. The first kappa shape index (κ1) is 55.6. The number of methoxy groups -OCH3 is 1. The van der Waals surface area contributed by atoms with E-state index in [1.165, 1.54) is 10.5 Å². The van der Waals surface area contributed by atoms with Crippen molar-refractivity contribution in [2.45, 2.75) is 120 Å². The summed E-state index contributed by atoms with van der Waals surface area (Å²) >= 11 is 3.57. The van der Waals surface area contributed by atoms with Crippen molar-refractivity contribution in [2.24, 2.45) is 5.92 Å². The molecule has 2 fully saturated rings. The Balaban J connectivity index is 0.973. The molecule has 7 atom stereocenters. The molecule has 2 aliphatic carbocycles. The molecule has 0 radical (unpaired) electrons. The minimum Gasteiger partial charge on any atom is -0.496 e. The summed E-state index contributed by atoms with van der Waals surface area (Å²) in [6.07, 6.45) is 7.15. The topological polar surface area (TPSA) is 211 Å². The van der Waals surface area contributed by atoms with Gasteiger partial charge in [-0.2, -0.15) is 0 Å². The van der Waals surface area contributed by atoms with Gasteiger partial charge in [0, 0.05) is 33.7 Å². The third kappa shape index (κ3) is 12.0. The number of nitrogens with one attached hydrogen (secondary N) is 6. The van der Waals surface area contributed by atoms with E-state index < -0.39 is 59.9 Å². The average molecular weight is 1130 g/mol. The first-order chi connectivity index (χ1) is 37.7. The van der Waals surface area contributed by atoms with Gasteiger partial charge in [0.05, 0.1) is 49.7 Å². The van der Waals surface area contributed by atoms with Crippen LogP contribution in [-0.2, 0) is 36.9 Å². The van der Waals surface area contributed by atoms with Crippen LogP contribution >= 0.6 is 15.9 Å². The van der Waals surface area contributed by atoms with Gasteiger partial charge in [-0.25, -0.2) is 0 Å². The molecular weight excluding hydrogens is 1050 g/mol. The normalized spacial score (nSPS) is 20.6. The number of amides is 7. The molecule has 1 saturated heterocycles. The van der Waals surface area contributed by atoms with Gasteiger partial charge in [-0.15, -0.1) is 0 Å². The van der Waals surface area contributed by atoms with Gasteiger partial charge in [0.2, 0.25) is 23.6 Å². The van der Waals surface area contributed by atoms with Gasteiger partial charge in [-0.3, -0.25) is 33.6 Å². The van der Waals surface area contributed by atoms with Crippen LogP contribution < -0.4 is 46.4 Å². The number of fused-ring (bicyclic) bond motifs is 3. The van der Waals surface area contributed by atoms with Crippen molar-refractivity contribution in [3.05, 3.63) is 135 Å². The number of para-hydroxylation sites is 2. The number of anilines is 2. The van der Waals surface area contributed by atoms with Gasteiger partial charge in [0.15, 0.2) is 0 Å². The third-order valence-electron chi connectivity index (χ3n) is 16.2. The van der Waals surface area contributed by atoms with Crippen molar-refractivity contribution in [3.63, 3.8) is 0 Å². The van der Waals surface area contributed by atoms with E-state index in [1.807, 2.05) is 48.5 Å². The van der Waals surface area contributed by atoms with Crippen LogP contribution in [0.25, 0.3) is 10.8 Å². The van der Waals surface area contributed by atoms with Crippen molar-refractivity contribution < 1.29 is 38.3 Å². The van der Waals surface area contributed by atoms with Crippen molar-refractivity contribution in [1.82, 2.24) is 36.8 Å². The second kappa shape index (κ2) is 24.7. The van der Waals surface area contributed by atoms with Crippen LogP contribution in [-0.4, -0.2) is 117 Å². The monoisotopic (exact) mass is 1120 g/mol. The van der Waals surface area contributed by atoms with Crippen molar-refractivity contribution in [1.29, 1.82) is 0 Å². The number of nitrogens with zero attached hydrogens (tertiary/aromatic N) is 3. The average Bonchev–Trinajstić information content (AvgIpc) is 4.01. The highest BCUT2D eigenvalue weighted by atomic mass is 79.9. The molecule has 0 bridgehead atoms. The zero-order valence-corrected chi connectivity index (χ0v) is 46.5. The van der Waals surface area contributed by atoms with Crippen LogP contribution in [0.1, 0.15) is 109 Å². The number of carbonyl (C=O) groups excluding carboxylic acids is 7. The molecule has 17 nitrogen and oxygen atoms in total. The smallest absolute Gasteiger partial charge is 0.258 e. The Bertz CT molecular complexity index is 3080. The SMILES string of the molecule is CNC(C)C(=O)NC1CN(C(=O)c2ccc(C(=O)NC3CC(C(=O)NC4CCCc5ccccc54)N(C(=O)C(NC(=O)C(C)NC)C4CCCCC4)C3)cc2)c2ccccc2N(Cc2c(OC)ccc3cc(Br)ccc23)C1=O. The highest BCUT2D eigenvalue weighted by Gasteiger charge is 2.46. The van der Waals surface area contributed by atoms with E-state index >= 15 is 0 Å². The van der Waals surface area contributed by atoms with Crippen LogP contribution in [0.4, 0.5) is 11.4 Å². The van der Waals surface area contributed by atoms with Gasteiger partial charge in [0.25, 0.3) is 17.7 Å². The second-order valence-corrected chi connectivity index (χ2v) is 22.0. The third-order valence-corrected chi connectivity index (χ3v) is 16.7. The lowest BCUT2D eigenvalue weighted by Gasteiger charge is -2.35. The summed E-state index contributed by atoms with van der Waals surface area (Å²) in [6, 6.07) is 26.0. The van der Waals surface area contributed by atoms with E-state index in [9.17, 15) is 33.6 Å². The summed E-state index contributed by atoms with van der Waals surface area (Å²) in [4.78, 5) is 105. The highest BCUT2D eigenvalue weighted by molar-refractivity contribution is 9.10. The van der Waals surface area contributed by atoms with Crippen LogP contribution in [0.5, 0.6) is 5.75 Å². The minimum atomic E-state index is -1.17. The number of ether oxygens (including phenoxy) is 1. The predicted octanol–water partition coefficient (Wildman–Crippen LogP) is 6.46. The lowest BCUT2D eigenvalue weighted by atomic mass is 9.83. The molecule has 1 saturated carbocycles. The van der Waals surface area contributed by atoms with Gasteiger partial charge in [-0.1, -0.05) is 83.7 Å². The van der Waals surface area contributed by atoms with Crippen molar-refractivity contribution in [2.75, 3.05) is 44.1 Å². The Morgan fingerprint density at radius 3 is 2.14 bits per heavy atom. The molecule has 4 aliphatic rings. The fraction of sp³-hybridized carbons (Fsp3) is 0.417. The van der Waals surface area contributed by atoms with E-state index in [0.717, 1.165) is 77.7 Å². The lowest BCUT2D eigenvalue weighted by molar-refractivity contribution is -0.143. The number of hydrogen-bond donors (Lipinski definition) is 6. The zero-order chi connectivity index (χ0) is 55.2. The molecule has 7 amide bonds. The molecule has 9 rings (SSSR count). The Kier molecular flexibility index (Phi) is 17.6. The molecule has 7 unspecified atom stereocenters. The molecule has 18 heteroatoms. The maximum absolute atomic E-state index is 15.0. The van der Waals surface area contributed by atoms with Crippen LogP contribution in [0.15, 0.2) is 108 Å². The fourth-order valence-electron chi connectivity index (χ4n) is 11.6. The Morgan fingerprint density at radius 1 is 0.718 bits per heavy atom. The molecule has 6 N–H and O–H groups in total. The van der Waals surface area contributed by atoms with E-state index in [-0.39, 0.29) is 66.9 Å². The molecule has 0 spiro atoms. The standard InChI is InChI=1S/C60H70BrN9O8/c1-35(62-3)54(71)66-48-34-70(50-21-12-11-20-49(50)69(59(48)76)33-46-44-28-27-42(61)30-41(44)26-29-52(46)78-5)58(75)40-24-22-39(23-25-40)56(73)64-43-31-51(57(74)65-47-19-13-17-37-14-9-10-18-45(37)47)68(32-43)60(77)53(38-15-7-6-8-16-38)67-55(72)36(2)63-4/h9-12,14,18,20-30,35-36,38,43,47-48,51,53,62-63H,6-8,13,15-17,19,31-34H2,1-5H3,(H,64,73)(H,65,74)(H,66,71)(H,67,72). The number of carbonyl (C=O) groups is 7. The maximum Gasteiger partial charge on any atom is 0.258 e. The molecule has 5 aromatic rings. The summed E-state index contributed by atoms with van der Waals surface area (Å²) in [5, 5.41) is 20.0. The Morgan fingerprint density at radius 2 is 1.41 bits per heavy atom. The summed E-state index contributed by atoms with van der Waals surface area (Å²) in [5.41, 5.74) is 4.32. The molecule has 410 valence electrons. The van der Waals surface area contributed by atoms with E-state index in [0.29, 0.717) is 17.1 Å². The van der Waals surface area contributed by atoms with Gasteiger partial charge < -0.3 is 51.3 Å². The fourth-order valence-corrected chi connectivity index (χ4v) is 11.9. The second-order valence-electron chi connectivity index (χ2n) is 21.0. The maximum atomic E-state index is 15.0. The largest absolute Gasteiger partial charge is 0.496 e. The van der Waals surface area contributed by atoms with Gasteiger partial charge >= 0.3 is 0 Å². The summed E-state index contributed by atoms with van der Waals surface area (Å²) < 4.78 is 6.73. The number of hydrogen-bond acceptors (Lipinski definition) is 10. The molecule has 0 aromatic heterocycles. The molecule has 2 aliphatic heterocycles. The Hall–Kier alpha value is -7.15. The van der Waals surface area contributed by atoms with Gasteiger partial charge in [0.1, 0.15) is 23.9 Å².